The van der Waals surface area contributed by atoms with Gasteiger partial charge in [0.25, 0.3) is 0 Å². The van der Waals surface area contributed by atoms with Crippen LogP contribution in [0.15, 0.2) is 0 Å². The zero-order chi connectivity index (χ0) is 12.5. The van der Waals surface area contributed by atoms with E-state index in [9.17, 15) is 0 Å². The van der Waals surface area contributed by atoms with Crippen LogP contribution < -0.4 is 5.32 Å². The minimum absolute atomic E-state index is 0.0961. The molecule has 3 nitrogen and oxygen atoms in total. The summed E-state index contributed by atoms with van der Waals surface area (Å²) < 4.78 is 5.79. The van der Waals surface area contributed by atoms with E-state index in [4.69, 9.17) is 9.72 Å². The van der Waals surface area contributed by atoms with Crippen molar-refractivity contribution in [3.8, 4) is 0 Å². The molecule has 1 N–H and O–H groups in total. The lowest BCUT2D eigenvalue weighted by Crippen LogP contribution is -2.24. The summed E-state index contributed by atoms with van der Waals surface area (Å²) in [5, 5.41) is 4.46. The highest BCUT2D eigenvalue weighted by Crippen LogP contribution is 2.44. The van der Waals surface area contributed by atoms with Crippen molar-refractivity contribution >= 4 is 11.3 Å². The fourth-order valence-corrected chi connectivity index (χ4v) is 3.94. The molecule has 2 rings (SSSR count). The molecule has 1 aromatic heterocycles. The molecule has 1 aromatic rings. The number of thiazole rings is 1. The molecule has 0 bridgehead atoms. The molecular formula is C13H22N2OS. The Balaban J connectivity index is 2.33. The zero-order valence-electron chi connectivity index (χ0n) is 11.2. The van der Waals surface area contributed by atoms with Crippen LogP contribution in [-0.2, 0) is 10.3 Å². The van der Waals surface area contributed by atoms with E-state index in [-0.39, 0.29) is 5.60 Å². The van der Waals surface area contributed by atoms with Crippen molar-refractivity contribution in [2.24, 2.45) is 0 Å². The van der Waals surface area contributed by atoms with Crippen LogP contribution in [0.3, 0.4) is 0 Å². The monoisotopic (exact) mass is 254 g/mol. The molecule has 0 saturated heterocycles. The van der Waals surface area contributed by atoms with Gasteiger partial charge in [-0.15, -0.1) is 11.3 Å². The van der Waals surface area contributed by atoms with Crippen molar-refractivity contribution in [1.82, 2.24) is 10.3 Å². The molecule has 1 unspecified atom stereocenters. The molecule has 1 atom stereocenters. The number of nitrogens with zero attached hydrogens (tertiary/aromatic N) is 1. The fraction of sp³-hybridized carbons (Fsp3) is 0.769. The summed E-state index contributed by atoms with van der Waals surface area (Å²) in [5.74, 6) is 0. The highest BCUT2D eigenvalue weighted by atomic mass is 32.1. The number of aryl methyl sites for hydroxylation is 1. The lowest BCUT2D eigenvalue weighted by Gasteiger charge is -2.24. The van der Waals surface area contributed by atoms with Gasteiger partial charge in [0.2, 0.25) is 0 Å². The normalized spacial score (nSPS) is 20.7. The van der Waals surface area contributed by atoms with Crippen LogP contribution >= 0.6 is 11.3 Å². The second-order valence-corrected chi connectivity index (χ2v) is 5.92. The number of methoxy groups -OCH3 is 1. The van der Waals surface area contributed by atoms with Gasteiger partial charge in [-0.3, -0.25) is 0 Å². The maximum absolute atomic E-state index is 5.79. The first kappa shape index (κ1) is 13.0. The molecule has 96 valence electrons. The molecule has 0 spiro atoms. The molecule has 0 amide bonds. The largest absolute Gasteiger partial charge is 0.371 e. The van der Waals surface area contributed by atoms with Crippen molar-refractivity contribution in [3.05, 3.63) is 15.6 Å². The number of hydrogen-bond donors (Lipinski definition) is 1. The van der Waals surface area contributed by atoms with Crippen LogP contribution in [0.4, 0.5) is 0 Å². The number of nitrogens with one attached hydrogen (secondary N) is 1. The van der Waals surface area contributed by atoms with Gasteiger partial charge in [-0.25, -0.2) is 4.98 Å². The Labute approximate surface area is 108 Å². The van der Waals surface area contributed by atoms with Gasteiger partial charge >= 0.3 is 0 Å². The number of aromatic nitrogens is 1. The van der Waals surface area contributed by atoms with E-state index in [1.54, 1.807) is 0 Å². The molecule has 1 aliphatic carbocycles. The van der Waals surface area contributed by atoms with Crippen molar-refractivity contribution < 1.29 is 4.74 Å². The maximum Gasteiger partial charge on any atom is 0.125 e. The molecular weight excluding hydrogens is 232 g/mol. The van der Waals surface area contributed by atoms with Crippen LogP contribution in [0, 0.1) is 6.92 Å². The summed E-state index contributed by atoms with van der Waals surface area (Å²) in [7, 11) is 3.81. The summed E-state index contributed by atoms with van der Waals surface area (Å²) >= 11 is 1.81. The van der Waals surface area contributed by atoms with E-state index in [1.165, 1.54) is 22.7 Å². The van der Waals surface area contributed by atoms with Crippen LogP contribution in [-0.4, -0.2) is 19.1 Å². The van der Waals surface area contributed by atoms with Gasteiger partial charge in [-0.2, -0.15) is 0 Å². The maximum atomic E-state index is 5.79. The summed E-state index contributed by atoms with van der Waals surface area (Å²) in [4.78, 5) is 6.10. The second-order valence-electron chi connectivity index (χ2n) is 4.88. The molecule has 1 saturated carbocycles. The first-order valence-corrected chi connectivity index (χ1v) is 7.15. The Morgan fingerprint density at radius 3 is 2.59 bits per heavy atom. The molecule has 0 radical (unpaired) electrons. The Bertz CT molecular complexity index is 383. The minimum atomic E-state index is -0.0961. The first-order valence-electron chi connectivity index (χ1n) is 6.33. The second kappa shape index (κ2) is 5.04. The van der Waals surface area contributed by atoms with Crippen molar-refractivity contribution in [3.63, 3.8) is 0 Å². The Hall–Kier alpha value is -0.450. The van der Waals surface area contributed by atoms with Crippen LogP contribution in [0.1, 0.15) is 54.2 Å². The molecule has 1 heterocycles. The minimum Gasteiger partial charge on any atom is -0.371 e. The van der Waals surface area contributed by atoms with Crippen LogP contribution in [0.5, 0.6) is 0 Å². The standard InChI is InChI=1S/C13H22N2OS/c1-9(14-3)11-10(2)15-12(17-11)13(16-4)7-5-6-8-13/h9,14H,5-8H2,1-4H3. The first-order chi connectivity index (χ1) is 8.13. The summed E-state index contributed by atoms with van der Waals surface area (Å²) in [6, 6.07) is 0.372. The molecule has 0 aromatic carbocycles. The number of rotatable bonds is 4. The van der Waals surface area contributed by atoms with Gasteiger partial charge in [-0.1, -0.05) is 12.8 Å². The van der Waals surface area contributed by atoms with E-state index in [0.717, 1.165) is 18.5 Å². The average Bonchev–Trinajstić information content (AvgIpc) is 2.95. The Kier molecular flexibility index (Phi) is 3.85. The quantitative estimate of drug-likeness (QED) is 0.896. The van der Waals surface area contributed by atoms with E-state index in [1.807, 2.05) is 25.5 Å². The van der Waals surface area contributed by atoms with E-state index >= 15 is 0 Å². The van der Waals surface area contributed by atoms with Gasteiger partial charge in [0.15, 0.2) is 0 Å². The van der Waals surface area contributed by atoms with Gasteiger partial charge < -0.3 is 10.1 Å². The predicted octanol–water partition coefficient (Wildman–Crippen LogP) is 3.15. The third kappa shape index (κ3) is 2.26. The highest BCUT2D eigenvalue weighted by Gasteiger charge is 2.39. The predicted molar refractivity (Wildman–Crippen MR) is 71.5 cm³/mol. The number of hydrogen-bond acceptors (Lipinski definition) is 4. The van der Waals surface area contributed by atoms with Crippen molar-refractivity contribution in [2.45, 2.75) is 51.2 Å². The Morgan fingerprint density at radius 2 is 2.06 bits per heavy atom. The third-order valence-electron chi connectivity index (χ3n) is 3.85. The highest BCUT2D eigenvalue weighted by molar-refractivity contribution is 7.12. The molecule has 1 fully saturated rings. The fourth-order valence-electron chi connectivity index (χ4n) is 2.59. The molecule has 17 heavy (non-hydrogen) atoms. The molecule has 4 heteroatoms. The van der Waals surface area contributed by atoms with Crippen molar-refractivity contribution in [2.75, 3.05) is 14.2 Å². The average molecular weight is 254 g/mol. The zero-order valence-corrected chi connectivity index (χ0v) is 12.0. The topological polar surface area (TPSA) is 34.1 Å². The van der Waals surface area contributed by atoms with Crippen LogP contribution in [0.2, 0.25) is 0 Å². The van der Waals surface area contributed by atoms with Gasteiger partial charge in [0.05, 0.1) is 5.69 Å². The Morgan fingerprint density at radius 1 is 1.41 bits per heavy atom. The SMILES string of the molecule is CNC(C)c1sc(C2(OC)CCCC2)nc1C. The molecule has 1 aliphatic rings. The van der Waals surface area contributed by atoms with Gasteiger partial charge in [0, 0.05) is 18.0 Å². The van der Waals surface area contributed by atoms with Crippen molar-refractivity contribution in [1.29, 1.82) is 0 Å². The molecule has 0 aliphatic heterocycles. The summed E-state index contributed by atoms with van der Waals surface area (Å²) in [5.41, 5.74) is 1.05. The van der Waals surface area contributed by atoms with Gasteiger partial charge in [-0.05, 0) is 33.7 Å². The van der Waals surface area contributed by atoms with E-state index in [0.29, 0.717) is 6.04 Å². The lowest BCUT2D eigenvalue weighted by atomic mass is 10.0. The summed E-state index contributed by atoms with van der Waals surface area (Å²) in [6.45, 7) is 4.28. The van der Waals surface area contributed by atoms with E-state index < -0.39 is 0 Å². The number of ether oxygens (including phenoxy) is 1. The summed E-state index contributed by atoms with van der Waals surface area (Å²) in [6.07, 6.45) is 4.74. The smallest absolute Gasteiger partial charge is 0.125 e. The lowest BCUT2D eigenvalue weighted by molar-refractivity contribution is -0.00893. The van der Waals surface area contributed by atoms with Crippen LogP contribution in [0.25, 0.3) is 0 Å². The van der Waals surface area contributed by atoms with Gasteiger partial charge in [0.1, 0.15) is 10.6 Å². The van der Waals surface area contributed by atoms with E-state index in [2.05, 4.69) is 19.2 Å². The third-order valence-corrected chi connectivity index (χ3v) is 5.38.